The van der Waals surface area contributed by atoms with Gasteiger partial charge < -0.3 is 24.4 Å². The van der Waals surface area contributed by atoms with Crippen molar-refractivity contribution in [2.45, 2.75) is 6.04 Å². The number of carbonyl (C=O) groups is 2. The third kappa shape index (κ3) is 6.29. The summed E-state index contributed by atoms with van der Waals surface area (Å²) in [7, 11) is 6.45. The van der Waals surface area contributed by atoms with Crippen molar-refractivity contribution in [3.63, 3.8) is 0 Å². The van der Waals surface area contributed by atoms with Crippen LogP contribution >= 0.6 is 0 Å². The normalized spacial score (nSPS) is 10.5. The van der Waals surface area contributed by atoms with Crippen molar-refractivity contribution in [3.8, 4) is 11.5 Å². The molecule has 0 bridgehead atoms. The Hall–Kier alpha value is -4.60. The summed E-state index contributed by atoms with van der Waals surface area (Å²) < 4.78 is 15.6. The molecule has 188 valence electrons. The Morgan fingerprint density at radius 3 is 1.89 bits per heavy atom. The van der Waals surface area contributed by atoms with Crippen molar-refractivity contribution >= 4 is 23.3 Å². The van der Waals surface area contributed by atoms with Gasteiger partial charge in [0.25, 0.3) is 11.6 Å². The minimum absolute atomic E-state index is 0.0260. The number of methoxy groups -OCH3 is 2. The average Bonchev–Trinajstić information content (AvgIpc) is 2.90. The summed E-state index contributed by atoms with van der Waals surface area (Å²) in [5.41, 5.74) is 1.65. The number of anilines is 1. The molecular formula is C26H27N3O7. The van der Waals surface area contributed by atoms with Crippen molar-refractivity contribution in [1.82, 2.24) is 5.32 Å². The molecule has 3 aromatic rings. The molecule has 0 atom stereocenters. The van der Waals surface area contributed by atoms with Gasteiger partial charge in [0.2, 0.25) is 0 Å². The predicted octanol–water partition coefficient (Wildman–Crippen LogP) is 3.74. The molecular weight excluding hydrogens is 466 g/mol. The van der Waals surface area contributed by atoms with Crippen LogP contribution in [0.15, 0.2) is 66.7 Å². The molecule has 10 nitrogen and oxygen atoms in total. The third-order valence-electron chi connectivity index (χ3n) is 5.43. The van der Waals surface area contributed by atoms with E-state index in [0.29, 0.717) is 17.2 Å². The Balaban J connectivity index is 1.74. The highest BCUT2D eigenvalue weighted by Gasteiger charge is 2.22. The summed E-state index contributed by atoms with van der Waals surface area (Å²) in [6.45, 7) is -0.565. The van der Waals surface area contributed by atoms with Gasteiger partial charge in [-0.2, -0.15) is 0 Å². The Morgan fingerprint density at radius 2 is 1.44 bits per heavy atom. The second-order valence-electron chi connectivity index (χ2n) is 7.98. The topological polar surface area (TPSA) is 120 Å². The molecule has 36 heavy (non-hydrogen) atoms. The van der Waals surface area contributed by atoms with Crippen LogP contribution in [0.4, 0.5) is 11.4 Å². The molecule has 1 amide bonds. The number of esters is 1. The molecule has 0 heterocycles. The number of amides is 1. The summed E-state index contributed by atoms with van der Waals surface area (Å²) >= 11 is 0. The zero-order valence-corrected chi connectivity index (χ0v) is 20.4. The van der Waals surface area contributed by atoms with Gasteiger partial charge in [-0.1, -0.05) is 24.3 Å². The minimum atomic E-state index is -0.844. The molecule has 0 unspecified atom stereocenters. The van der Waals surface area contributed by atoms with Gasteiger partial charge in [0, 0.05) is 20.2 Å². The van der Waals surface area contributed by atoms with Crippen LogP contribution in [0.5, 0.6) is 11.5 Å². The lowest BCUT2D eigenvalue weighted by Crippen LogP contribution is -2.33. The maximum absolute atomic E-state index is 12.7. The van der Waals surface area contributed by atoms with Crippen molar-refractivity contribution in [2.75, 3.05) is 39.8 Å². The number of nitro groups is 1. The SMILES string of the molecule is COc1ccc(C(NC(=O)COC(=O)c2ccc(N(C)C)c([N+](=O)[O-])c2)c2ccc(OC)cc2)cc1. The maximum atomic E-state index is 12.7. The monoisotopic (exact) mass is 493 g/mol. The fourth-order valence-electron chi connectivity index (χ4n) is 3.54. The molecule has 0 aliphatic rings. The van der Waals surface area contributed by atoms with Gasteiger partial charge in [-0.15, -0.1) is 0 Å². The highest BCUT2D eigenvalue weighted by Crippen LogP contribution is 2.28. The van der Waals surface area contributed by atoms with Crippen molar-refractivity contribution < 1.29 is 28.7 Å². The summed E-state index contributed by atoms with van der Waals surface area (Å²) in [6, 6.07) is 17.9. The van der Waals surface area contributed by atoms with E-state index in [1.165, 1.54) is 12.1 Å². The highest BCUT2D eigenvalue weighted by atomic mass is 16.6. The van der Waals surface area contributed by atoms with E-state index in [1.807, 2.05) is 24.3 Å². The molecule has 0 radical (unpaired) electrons. The molecule has 0 aromatic heterocycles. The van der Waals surface area contributed by atoms with Crippen LogP contribution in [0.3, 0.4) is 0 Å². The van der Waals surface area contributed by atoms with E-state index >= 15 is 0 Å². The zero-order valence-electron chi connectivity index (χ0n) is 20.4. The smallest absolute Gasteiger partial charge is 0.338 e. The lowest BCUT2D eigenvalue weighted by Gasteiger charge is -2.20. The largest absolute Gasteiger partial charge is 0.497 e. The Bertz CT molecular complexity index is 1180. The average molecular weight is 494 g/mol. The second-order valence-corrected chi connectivity index (χ2v) is 7.98. The molecule has 0 spiro atoms. The zero-order chi connectivity index (χ0) is 26.2. The Morgan fingerprint density at radius 1 is 0.917 bits per heavy atom. The number of nitrogens with zero attached hydrogens (tertiary/aromatic N) is 2. The maximum Gasteiger partial charge on any atom is 0.338 e. The molecule has 0 aliphatic heterocycles. The summed E-state index contributed by atoms with van der Waals surface area (Å²) in [5.74, 6) is -0.0490. The number of nitro benzene ring substituents is 1. The summed E-state index contributed by atoms with van der Waals surface area (Å²) in [4.78, 5) is 37.6. The fourth-order valence-corrected chi connectivity index (χ4v) is 3.54. The molecule has 0 saturated carbocycles. The lowest BCUT2D eigenvalue weighted by molar-refractivity contribution is -0.384. The van der Waals surface area contributed by atoms with Gasteiger partial charge in [-0.3, -0.25) is 14.9 Å². The van der Waals surface area contributed by atoms with Gasteiger partial charge in [-0.05, 0) is 47.5 Å². The second kappa shape index (κ2) is 11.7. The van der Waals surface area contributed by atoms with Gasteiger partial charge in [0.1, 0.15) is 17.2 Å². The molecule has 0 aliphatic carbocycles. The highest BCUT2D eigenvalue weighted by molar-refractivity contribution is 5.93. The molecule has 0 fully saturated rings. The molecule has 1 N–H and O–H groups in total. The van der Waals surface area contributed by atoms with E-state index in [9.17, 15) is 19.7 Å². The van der Waals surface area contributed by atoms with E-state index < -0.39 is 29.4 Å². The number of benzene rings is 3. The van der Waals surface area contributed by atoms with Crippen LogP contribution in [-0.2, 0) is 9.53 Å². The van der Waals surface area contributed by atoms with Crippen LogP contribution in [-0.4, -0.2) is 51.7 Å². The van der Waals surface area contributed by atoms with Gasteiger partial charge in [0.05, 0.1) is 30.7 Å². The number of hydrogen-bond acceptors (Lipinski definition) is 8. The number of nitrogens with one attached hydrogen (secondary N) is 1. The molecule has 0 saturated heterocycles. The van der Waals surface area contributed by atoms with Crippen molar-refractivity contribution in [3.05, 3.63) is 93.5 Å². The van der Waals surface area contributed by atoms with Gasteiger partial charge >= 0.3 is 5.97 Å². The van der Waals surface area contributed by atoms with Crippen molar-refractivity contribution in [1.29, 1.82) is 0 Å². The standard InChI is InChI=1S/C26H27N3O7/c1-28(2)22-14-9-19(15-23(22)29(32)33)26(31)36-16-24(30)27-25(17-5-10-20(34-3)11-6-17)18-7-12-21(35-4)13-8-18/h5-15,25H,16H2,1-4H3,(H,27,30). The Kier molecular flexibility index (Phi) is 8.45. The Labute approximate surface area is 208 Å². The molecule has 3 aromatic carbocycles. The first kappa shape index (κ1) is 26.0. The number of carbonyl (C=O) groups excluding carboxylic acids is 2. The van der Waals surface area contributed by atoms with Crippen LogP contribution in [0, 0.1) is 10.1 Å². The third-order valence-corrected chi connectivity index (χ3v) is 5.43. The van der Waals surface area contributed by atoms with Crippen LogP contribution in [0.25, 0.3) is 0 Å². The van der Waals surface area contributed by atoms with E-state index in [-0.39, 0.29) is 11.3 Å². The first-order valence-electron chi connectivity index (χ1n) is 10.9. The van der Waals surface area contributed by atoms with E-state index in [1.54, 1.807) is 57.5 Å². The number of rotatable bonds is 10. The van der Waals surface area contributed by atoms with Crippen molar-refractivity contribution in [2.24, 2.45) is 0 Å². The van der Waals surface area contributed by atoms with Gasteiger partial charge in [-0.25, -0.2) is 4.79 Å². The predicted molar refractivity (Wildman–Crippen MR) is 134 cm³/mol. The fraction of sp³-hybridized carbons (Fsp3) is 0.231. The quantitative estimate of drug-likeness (QED) is 0.258. The van der Waals surface area contributed by atoms with E-state index in [2.05, 4.69) is 5.32 Å². The molecule has 10 heteroatoms. The molecule has 3 rings (SSSR count). The van der Waals surface area contributed by atoms with E-state index in [0.717, 1.165) is 17.2 Å². The summed E-state index contributed by atoms with van der Waals surface area (Å²) in [6.07, 6.45) is 0. The lowest BCUT2D eigenvalue weighted by atomic mass is 9.98. The van der Waals surface area contributed by atoms with Crippen LogP contribution in [0.2, 0.25) is 0 Å². The minimum Gasteiger partial charge on any atom is -0.497 e. The van der Waals surface area contributed by atoms with Crippen LogP contribution < -0.4 is 19.7 Å². The van der Waals surface area contributed by atoms with E-state index in [4.69, 9.17) is 14.2 Å². The first-order chi connectivity index (χ1) is 17.2. The van der Waals surface area contributed by atoms with Gasteiger partial charge in [0.15, 0.2) is 6.61 Å². The van der Waals surface area contributed by atoms with Crippen LogP contribution in [0.1, 0.15) is 27.5 Å². The summed E-state index contributed by atoms with van der Waals surface area (Å²) in [5, 5.41) is 14.3. The number of hydrogen-bond donors (Lipinski definition) is 1. The first-order valence-corrected chi connectivity index (χ1v) is 10.9. The number of ether oxygens (including phenoxy) is 3.